The minimum Gasteiger partial charge on any atom is -0.342 e. The molecule has 0 aliphatic carbocycles. The number of imidazole rings is 1. The highest BCUT2D eigenvalue weighted by Gasteiger charge is 2.26. The normalized spacial score (nSPS) is 18.9. The molecule has 2 aliphatic rings. The van der Waals surface area contributed by atoms with Crippen molar-refractivity contribution < 1.29 is 9.59 Å². The molecule has 2 aromatic rings. The molecule has 0 unspecified atom stereocenters. The molecule has 0 spiro atoms. The van der Waals surface area contributed by atoms with Gasteiger partial charge in [0.15, 0.2) is 0 Å². The molecule has 4 heterocycles. The zero-order valence-corrected chi connectivity index (χ0v) is 15.9. The summed E-state index contributed by atoms with van der Waals surface area (Å²) < 4.78 is 1.88. The largest absolute Gasteiger partial charge is 0.342 e. The Morgan fingerprint density at radius 1 is 1.00 bits per heavy atom. The number of carbonyl (C=O) groups excluding carboxylic acids is 2. The van der Waals surface area contributed by atoms with Gasteiger partial charge in [-0.15, -0.1) is 0 Å². The molecule has 7 heteroatoms. The van der Waals surface area contributed by atoms with Gasteiger partial charge in [0.1, 0.15) is 11.3 Å². The Labute approximate surface area is 159 Å². The van der Waals surface area contributed by atoms with Gasteiger partial charge in [0.05, 0.1) is 6.54 Å². The third-order valence-electron chi connectivity index (χ3n) is 5.56. The molecule has 2 fully saturated rings. The van der Waals surface area contributed by atoms with E-state index in [9.17, 15) is 9.59 Å². The number of hydrogen-bond acceptors (Lipinski definition) is 4. The van der Waals surface area contributed by atoms with Crippen LogP contribution in [0.5, 0.6) is 0 Å². The van der Waals surface area contributed by atoms with Crippen molar-refractivity contribution in [3.8, 4) is 0 Å². The number of carbonyl (C=O) groups is 2. The Morgan fingerprint density at radius 3 is 2.48 bits per heavy atom. The topological polar surface area (TPSA) is 61.2 Å². The molecule has 0 bridgehead atoms. The summed E-state index contributed by atoms with van der Waals surface area (Å²) in [5.41, 5.74) is 2.40. The van der Waals surface area contributed by atoms with Crippen LogP contribution in [0.15, 0.2) is 24.5 Å². The number of amides is 2. The number of piperidine rings is 1. The van der Waals surface area contributed by atoms with Crippen LogP contribution in [0.2, 0.25) is 0 Å². The number of piperazine rings is 1. The molecular formula is C20H27N5O2. The van der Waals surface area contributed by atoms with Gasteiger partial charge in [-0.2, -0.15) is 0 Å². The highest BCUT2D eigenvalue weighted by molar-refractivity contribution is 5.93. The molecule has 27 heavy (non-hydrogen) atoms. The summed E-state index contributed by atoms with van der Waals surface area (Å²) in [6, 6.07) is 3.97. The maximum Gasteiger partial charge on any atom is 0.274 e. The van der Waals surface area contributed by atoms with E-state index >= 15 is 0 Å². The van der Waals surface area contributed by atoms with E-state index in [4.69, 9.17) is 0 Å². The molecule has 0 aromatic carbocycles. The maximum atomic E-state index is 12.8. The third kappa shape index (κ3) is 3.98. The summed E-state index contributed by atoms with van der Waals surface area (Å²) in [5, 5.41) is 0. The van der Waals surface area contributed by atoms with Gasteiger partial charge in [-0.25, -0.2) is 4.98 Å². The van der Waals surface area contributed by atoms with Gasteiger partial charge in [-0.05, 0) is 43.9 Å². The molecule has 2 aromatic heterocycles. The monoisotopic (exact) mass is 369 g/mol. The molecule has 144 valence electrons. The lowest BCUT2D eigenvalue weighted by atomic mass is 10.1. The Kier molecular flexibility index (Phi) is 5.11. The van der Waals surface area contributed by atoms with Crippen molar-refractivity contribution in [1.82, 2.24) is 24.1 Å². The SMILES string of the molecule is Cc1ccn2cc(C(=O)N3CCN(CC(=O)N4CCCCC4)CC3)nc2c1. The number of nitrogens with zero attached hydrogens (tertiary/aromatic N) is 5. The van der Waals surface area contributed by atoms with Crippen LogP contribution in [0, 0.1) is 6.92 Å². The molecule has 2 amide bonds. The fraction of sp³-hybridized carbons (Fsp3) is 0.550. The summed E-state index contributed by atoms with van der Waals surface area (Å²) in [5.74, 6) is 0.198. The molecule has 4 rings (SSSR count). The second kappa shape index (κ2) is 7.68. The average molecular weight is 369 g/mol. The van der Waals surface area contributed by atoms with Gasteiger partial charge in [0.2, 0.25) is 5.91 Å². The number of pyridine rings is 1. The van der Waals surface area contributed by atoms with Gasteiger partial charge in [0, 0.05) is 51.7 Å². The van der Waals surface area contributed by atoms with Crippen LogP contribution < -0.4 is 0 Å². The van der Waals surface area contributed by atoms with Crippen LogP contribution in [0.25, 0.3) is 5.65 Å². The van der Waals surface area contributed by atoms with E-state index in [1.54, 1.807) is 6.20 Å². The highest BCUT2D eigenvalue weighted by Crippen LogP contribution is 2.13. The van der Waals surface area contributed by atoms with Crippen molar-refractivity contribution in [1.29, 1.82) is 0 Å². The molecular weight excluding hydrogens is 342 g/mol. The first-order valence-electron chi connectivity index (χ1n) is 9.85. The van der Waals surface area contributed by atoms with Crippen LogP contribution in [0.1, 0.15) is 35.3 Å². The second-order valence-corrected chi connectivity index (χ2v) is 7.61. The summed E-state index contributed by atoms with van der Waals surface area (Å²) in [4.78, 5) is 35.7. The quantitative estimate of drug-likeness (QED) is 0.821. The van der Waals surface area contributed by atoms with Crippen LogP contribution in [0.4, 0.5) is 0 Å². The minimum absolute atomic E-state index is 0.0293. The van der Waals surface area contributed by atoms with Gasteiger partial charge >= 0.3 is 0 Å². The second-order valence-electron chi connectivity index (χ2n) is 7.61. The zero-order chi connectivity index (χ0) is 18.8. The Balaban J connectivity index is 1.32. The van der Waals surface area contributed by atoms with Gasteiger partial charge in [-0.1, -0.05) is 0 Å². The van der Waals surface area contributed by atoms with Gasteiger partial charge < -0.3 is 14.2 Å². The van der Waals surface area contributed by atoms with Crippen molar-refractivity contribution in [3.63, 3.8) is 0 Å². The number of fused-ring (bicyclic) bond motifs is 1. The number of hydrogen-bond donors (Lipinski definition) is 0. The van der Waals surface area contributed by atoms with Crippen LogP contribution in [-0.4, -0.2) is 81.7 Å². The van der Waals surface area contributed by atoms with E-state index in [0.717, 1.165) is 50.2 Å². The van der Waals surface area contributed by atoms with E-state index < -0.39 is 0 Å². The van der Waals surface area contributed by atoms with Crippen molar-refractivity contribution in [2.45, 2.75) is 26.2 Å². The van der Waals surface area contributed by atoms with Gasteiger partial charge in [0.25, 0.3) is 5.91 Å². The highest BCUT2D eigenvalue weighted by atomic mass is 16.2. The molecule has 0 N–H and O–H groups in total. The first kappa shape index (κ1) is 18.0. The average Bonchev–Trinajstić information content (AvgIpc) is 3.12. The number of aromatic nitrogens is 2. The van der Waals surface area contributed by atoms with E-state index in [0.29, 0.717) is 25.3 Å². The summed E-state index contributed by atoms with van der Waals surface area (Å²) >= 11 is 0. The Bertz CT molecular complexity index is 832. The number of rotatable bonds is 3. The standard InChI is InChI=1S/C20H27N5O2/c1-16-5-8-25-14-17(21-18(25)13-16)20(27)24-11-9-22(10-12-24)15-19(26)23-6-3-2-4-7-23/h5,8,13-14H,2-4,6-7,9-12,15H2,1H3. The summed E-state index contributed by atoms with van der Waals surface area (Å²) in [6.45, 7) is 7.01. The first-order valence-corrected chi connectivity index (χ1v) is 9.85. The molecule has 2 aliphatic heterocycles. The predicted molar refractivity (Wildman–Crippen MR) is 103 cm³/mol. The number of aryl methyl sites for hydroxylation is 1. The molecule has 7 nitrogen and oxygen atoms in total. The van der Waals surface area contributed by atoms with Crippen molar-refractivity contribution in [2.75, 3.05) is 45.8 Å². The van der Waals surface area contributed by atoms with Crippen LogP contribution in [-0.2, 0) is 4.79 Å². The Hall–Kier alpha value is -2.41. The lowest BCUT2D eigenvalue weighted by molar-refractivity contribution is -0.133. The molecule has 0 radical (unpaired) electrons. The van der Waals surface area contributed by atoms with E-state index in [1.807, 2.05) is 39.5 Å². The van der Waals surface area contributed by atoms with Crippen LogP contribution in [0.3, 0.4) is 0 Å². The van der Waals surface area contributed by atoms with Gasteiger partial charge in [-0.3, -0.25) is 14.5 Å². The van der Waals surface area contributed by atoms with Crippen LogP contribution >= 0.6 is 0 Å². The smallest absolute Gasteiger partial charge is 0.274 e. The van der Waals surface area contributed by atoms with E-state index in [1.165, 1.54) is 6.42 Å². The third-order valence-corrected chi connectivity index (χ3v) is 5.56. The zero-order valence-electron chi connectivity index (χ0n) is 15.9. The lowest BCUT2D eigenvalue weighted by Gasteiger charge is -2.35. The van der Waals surface area contributed by atoms with Crippen molar-refractivity contribution in [3.05, 3.63) is 35.8 Å². The number of likely N-dealkylation sites (tertiary alicyclic amines) is 1. The fourth-order valence-corrected chi connectivity index (χ4v) is 3.89. The first-order chi connectivity index (χ1) is 13.1. The summed E-state index contributed by atoms with van der Waals surface area (Å²) in [7, 11) is 0. The van der Waals surface area contributed by atoms with E-state index in [2.05, 4.69) is 9.88 Å². The molecule has 2 saturated heterocycles. The minimum atomic E-state index is -0.0293. The van der Waals surface area contributed by atoms with Crippen molar-refractivity contribution >= 4 is 17.5 Å². The van der Waals surface area contributed by atoms with E-state index in [-0.39, 0.29) is 11.8 Å². The molecule has 0 saturated carbocycles. The molecule has 0 atom stereocenters. The fourth-order valence-electron chi connectivity index (χ4n) is 3.89. The van der Waals surface area contributed by atoms with Crippen molar-refractivity contribution in [2.24, 2.45) is 0 Å². The predicted octanol–water partition coefficient (Wildman–Crippen LogP) is 1.41. The summed E-state index contributed by atoms with van der Waals surface area (Å²) in [6.07, 6.45) is 7.19. The maximum absolute atomic E-state index is 12.8. The Morgan fingerprint density at radius 2 is 1.74 bits per heavy atom. The lowest BCUT2D eigenvalue weighted by Crippen LogP contribution is -2.52.